The molecule has 2 N–H and O–H groups in total. The molecule has 0 spiro atoms. The van der Waals surface area contributed by atoms with Gasteiger partial charge in [-0.15, -0.1) is 0 Å². The number of benzene rings is 2. The smallest absolute Gasteiger partial charge is 0.309 e. The molecule has 4 rings (SSSR count). The highest BCUT2D eigenvalue weighted by atomic mass is 16.5. The van der Waals surface area contributed by atoms with Crippen LogP contribution in [0.4, 0.5) is 11.6 Å². The fourth-order valence-corrected chi connectivity index (χ4v) is 4.65. The van der Waals surface area contributed by atoms with Crippen LogP contribution in [0.25, 0.3) is 0 Å². The van der Waals surface area contributed by atoms with E-state index < -0.39 is 11.4 Å². The summed E-state index contributed by atoms with van der Waals surface area (Å²) in [4.78, 5) is 31.0. The number of hydrogen-bond donors (Lipinski definition) is 2. The van der Waals surface area contributed by atoms with Crippen molar-refractivity contribution in [3.63, 3.8) is 0 Å². The van der Waals surface area contributed by atoms with E-state index in [1.807, 2.05) is 67.6 Å². The molecule has 1 aliphatic rings. The number of hydrogen-bond acceptors (Lipinski definition) is 6. The molecule has 8 heteroatoms. The minimum Gasteiger partial charge on any atom is -0.490 e. The van der Waals surface area contributed by atoms with Crippen molar-refractivity contribution in [2.24, 2.45) is 5.41 Å². The van der Waals surface area contributed by atoms with Gasteiger partial charge in [0, 0.05) is 6.54 Å². The number of amides is 1. The Morgan fingerprint density at radius 1 is 1.03 bits per heavy atom. The van der Waals surface area contributed by atoms with Crippen molar-refractivity contribution in [3.05, 3.63) is 77.9 Å². The van der Waals surface area contributed by atoms with Crippen LogP contribution in [0, 0.1) is 5.41 Å². The lowest BCUT2D eigenvalue weighted by Gasteiger charge is -2.34. The summed E-state index contributed by atoms with van der Waals surface area (Å²) in [5.41, 5.74) is 0.930. The Morgan fingerprint density at radius 3 is 2.46 bits per heavy atom. The quantitative estimate of drug-likeness (QED) is 0.343. The Balaban J connectivity index is 1.34. The second-order valence-corrected chi connectivity index (χ2v) is 10.5. The largest absolute Gasteiger partial charge is 0.490 e. The van der Waals surface area contributed by atoms with Crippen molar-refractivity contribution in [2.75, 3.05) is 29.9 Å². The van der Waals surface area contributed by atoms with Crippen LogP contribution < -0.4 is 19.7 Å². The summed E-state index contributed by atoms with van der Waals surface area (Å²) >= 11 is 0. The van der Waals surface area contributed by atoms with Gasteiger partial charge >= 0.3 is 5.97 Å². The van der Waals surface area contributed by atoms with Gasteiger partial charge in [0.15, 0.2) is 11.5 Å². The van der Waals surface area contributed by atoms with Crippen LogP contribution in [-0.4, -0.2) is 47.8 Å². The zero-order valence-electron chi connectivity index (χ0n) is 22.9. The van der Waals surface area contributed by atoms with Gasteiger partial charge in [0.25, 0.3) is 0 Å². The number of ether oxygens (including phenoxy) is 2. The van der Waals surface area contributed by atoms with E-state index in [9.17, 15) is 14.7 Å². The van der Waals surface area contributed by atoms with Gasteiger partial charge in [0.05, 0.1) is 25.0 Å². The van der Waals surface area contributed by atoms with Gasteiger partial charge < -0.3 is 24.8 Å². The second-order valence-electron chi connectivity index (χ2n) is 10.5. The number of carboxylic acids is 1. The number of piperidine rings is 1. The summed E-state index contributed by atoms with van der Waals surface area (Å²) in [6.45, 7) is 7.50. The summed E-state index contributed by atoms with van der Waals surface area (Å²) in [6.07, 6.45) is 2.55. The van der Waals surface area contributed by atoms with Crippen molar-refractivity contribution in [2.45, 2.75) is 52.6 Å². The van der Waals surface area contributed by atoms with Crippen LogP contribution in [0.15, 0.2) is 66.7 Å². The number of rotatable bonds is 11. The molecule has 0 aliphatic carbocycles. The number of aromatic nitrogens is 1. The lowest BCUT2D eigenvalue weighted by Crippen LogP contribution is -2.41. The second kappa shape index (κ2) is 12.7. The number of aliphatic carboxylic acids is 1. The van der Waals surface area contributed by atoms with Crippen LogP contribution >= 0.6 is 0 Å². The molecule has 0 saturated carbocycles. The molecule has 1 saturated heterocycles. The van der Waals surface area contributed by atoms with E-state index in [0.717, 1.165) is 47.8 Å². The van der Waals surface area contributed by atoms with Gasteiger partial charge in [0.2, 0.25) is 5.91 Å². The van der Waals surface area contributed by atoms with E-state index in [2.05, 4.69) is 10.2 Å². The van der Waals surface area contributed by atoms with Crippen LogP contribution in [0.1, 0.15) is 44.7 Å². The molecule has 0 radical (unpaired) electrons. The number of nitrogens with zero attached hydrogens (tertiary/aromatic N) is 2. The molecule has 2 heterocycles. The van der Waals surface area contributed by atoms with Gasteiger partial charge in [-0.2, -0.15) is 0 Å². The number of carbonyl (C=O) groups excluding carboxylic acids is 1. The molecule has 3 aromatic rings. The highest BCUT2D eigenvalue weighted by Crippen LogP contribution is 2.30. The summed E-state index contributed by atoms with van der Waals surface area (Å²) in [5.74, 6) is 1.80. The molecule has 1 unspecified atom stereocenters. The van der Waals surface area contributed by atoms with Gasteiger partial charge in [-0.1, -0.05) is 42.5 Å². The maximum absolute atomic E-state index is 12.7. The summed E-state index contributed by atoms with van der Waals surface area (Å²) in [5, 5.41) is 12.3. The topological polar surface area (TPSA) is 101 Å². The SMILES string of the molecule is CCOc1ccccc1OC1CCCN(c2cccc(NC(=O)Cc3ccc(CC(C)(C)C(=O)O)cc3)n2)C1. The Hall–Kier alpha value is -4.07. The number of pyridine rings is 1. The number of para-hydroxylation sites is 2. The predicted molar refractivity (Wildman–Crippen MR) is 152 cm³/mol. The normalized spacial score (nSPS) is 15.5. The van der Waals surface area contributed by atoms with Gasteiger partial charge in [0.1, 0.15) is 17.7 Å². The average molecular weight is 532 g/mol. The van der Waals surface area contributed by atoms with Crippen LogP contribution in [0.2, 0.25) is 0 Å². The maximum Gasteiger partial charge on any atom is 0.309 e. The molecular formula is C31H37N3O5. The third-order valence-corrected chi connectivity index (χ3v) is 6.76. The van der Waals surface area contributed by atoms with Crippen molar-refractivity contribution in [3.8, 4) is 11.5 Å². The van der Waals surface area contributed by atoms with Crippen molar-refractivity contribution < 1.29 is 24.2 Å². The van der Waals surface area contributed by atoms with E-state index in [4.69, 9.17) is 14.5 Å². The first kappa shape index (κ1) is 28.0. The number of carboxylic acid groups (broad SMARTS) is 1. The molecule has 8 nitrogen and oxygen atoms in total. The Labute approximate surface area is 230 Å². The summed E-state index contributed by atoms with van der Waals surface area (Å²) < 4.78 is 12.0. The van der Waals surface area contributed by atoms with Gasteiger partial charge in [-0.05, 0) is 75.4 Å². The van der Waals surface area contributed by atoms with E-state index in [1.165, 1.54) is 0 Å². The van der Waals surface area contributed by atoms with Crippen LogP contribution in [0.3, 0.4) is 0 Å². The standard InChI is InChI=1S/C31H37N3O5/c1-4-38-25-10-5-6-11-26(25)39-24-9-8-18-34(21-24)28-13-7-12-27(32-28)33-29(35)19-22-14-16-23(17-15-22)20-31(2,3)30(36)37/h5-7,10-17,24H,4,8-9,18-21H2,1-3H3,(H,36,37)(H,32,33,35). The molecule has 1 amide bonds. The Kier molecular flexibility index (Phi) is 9.07. The third-order valence-electron chi connectivity index (χ3n) is 6.76. The van der Waals surface area contributed by atoms with E-state index in [-0.39, 0.29) is 18.4 Å². The molecule has 39 heavy (non-hydrogen) atoms. The van der Waals surface area contributed by atoms with E-state index in [1.54, 1.807) is 19.9 Å². The molecule has 1 aromatic heterocycles. The summed E-state index contributed by atoms with van der Waals surface area (Å²) in [6, 6.07) is 20.9. The highest BCUT2D eigenvalue weighted by Gasteiger charge is 2.27. The van der Waals surface area contributed by atoms with Crippen molar-refractivity contribution in [1.82, 2.24) is 4.98 Å². The van der Waals surface area contributed by atoms with E-state index >= 15 is 0 Å². The monoisotopic (exact) mass is 531 g/mol. The summed E-state index contributed by atoms with van der Waals surface area (Å²) in [7, 11) is 0. The molecule has 206 valence electrons. The highest BCUT2D eigenvalue weighted by molar-refractivity contribution is 5.91. The molecular weight excluding hydrogens is 494 g/mol. The minimum absolute atomic E-state index is 0.00412. The van der Waals surface area contributed by atoms with Crippen LogP contribution in [-0.2, 0) is 22.4 Å². The number of anilines is 2. The number of nitrogens with one attached hydrogen (secondary N) is 1. The zero-order chi connectivity index (χ0) is 27.8. The Bertz CT molecular complexity index is 1280. The minimum atomic E-state index is -0.843. The first-order chi connectivity index (χ1) is 18.7. The molecule has 2 aromatic carbocycles. The third kappa shape index (κ3) is 7.72. The lowest BCUT2D eigenvalue weighted by molar-refractivity contribution is -0.146. The fourth-order valence-electron chi connectivity index (χ4n) is 4.65. The first-order valence-electron chi connectivity index (χ1n) is 13.4. The fraction of sp³-hybridized carbons (Fsp3) is 0.387. The molecule has 1 atom stereocenters. The van der Waals surface area contributed by atoms with Crippen molar-refractivity contribution >= 4 is 23.5 Å². The predicted octanol–water partition coefficient (Wildman–Crippen LogP) is 5.36. The van der Waals surface area contributed by atoms with Gasteiger partial charge in [-0.3, -0.25) is 9.59 Å². The molecule has 1 aliphatic heterocycles. The van der Waals surface area contributed by atoms with Gasteiger partial charge in [-0.25, -0.2) is 4.98 Å². The van der Waals surface area contributed by atoms with Crippen molar-refractivity contribution in [1.29, 1.82) is 0 Å². The molecule has 0 bridgehead atoms. The lowest BCUT2D eigenvalue weighted by atomic mass is 9.86. The average Bonchev–Trinajstić information content (AvgIpc) is 2.91. The maximum atomic E-state index is 12.7. The van der Waals surface area contributed by atoms with E-state index in [0.29, 0.717) is 25.4 Å². The first-order valence-corrected chi connectivity index (χ1v) is 13.4. The Morgan fingerprint density at radius 2 is 1.74 bits per heavy atom. The molecule has 1 fully saturated rings. The number of carbonyl (C=O) groups is 2. The zero-order valence-corrected chi connectivity index (χ0v) is 22.9. The van der Waals surface area contributed by atoms with Crippen LogP contribution in [0.5, 0.6) is 11.5 Å².